The summed E-state index contributed by atoms with van der Waals surface area (Å²) in [6.45, 7) is 4.64. The van der Waals surface area contributed by atoms with E-state index in [9.17, 15) is 0 Å². The van der Waals surface area contributed by atoms with Gasteiger partial charge in [-0.3, -0.25) is 4.98 Å². The highest BCUT2D eigenvalue weighted by atomic mass is 15.4. The topological polar surface area (TPSA) is 50.0 Å². The summed E-state index contributed by atoms with van der Waals surface area (Å²) in [6, 6.07) is 2.04. The molecule has 0 radical (unpaired) electrons. The predicted molar refractivity (Wildman–Crippen MR) is 59.0 cm³/mol. The minimum atomic E-state index is 0.617. The summed E-state index contributed by atoms with van der Waals surface area (Å²) in [5.74, 6) is 0. The van der Waals surface area contributed by atoms with E-state index >= 15 is 0 Å². The van der Waals surface area contributed by atoms with E-state index in [0.717, 1.165) is 22.4 Å². The van der Waals surface area contributed by atoms with Crippen LogP contribution in [0.2, 0.25) is 0 Å². The van der Waals surface area contributed by atoms with E-state index in [2.05, 4.69) is 20.4 Å². The first kappa shape index (κ1) is 9.71. The van der Waals surface area contributed by atoms with E-state index in [1.165, 1.54) is 0 Å². The number of nitrogens with zero attached hydrogens (tertiary/aromatic N) is 4. The highest BCUT2D eigenvalue weighted by Gasteiger charge is 2.04. The van der Waals surface area contributed by atoms with Gasteiger partial charge in [-0.15, -0.1) is 5.10 Å². The predicted octanol–water partition coefficient (Wildman–Crippen LogP) is 2.51. The van der Waals surface area contributed by atoms with Gasteiger partial charge < -0.3 is 0 Å². The highest BCUT2D eigenvalue weighted by molar-refractivity contribution is 6.08. The second kappa shape index (κ2) is 4.13. The van der Waals surface area contributed by atoms with Gasteiger partial charge in [0.05, 0.1) is 12.3 Å². The Morgan fingerprint density at radius 3 is 2.87 bits per heavy atom. The average Bonchev–Trinajstić information content (AvgIpc) is 2.43. The Morgan fingerprint density at radius 1 is 1.20 bits per heavy atom. The van der Waals surface area contributed by atoms with Crippen molar-refractivity contribution < 1.29 is 0 Å². The van der Waals surface area contributed by atoms with Crippen molar-refractivity contribution in [3.05, 3.63) is 41.2 Å². The van der Waals surface area contributed by atoms with Gasteiger partial charge in [0.1, 0.15) is 0 Å². The van der Waals surface area contributed by atoms with Crippen LogP contribution in [0.5, 0.6) is 0 Å². The fourth-order valence-corrected chi connectivity index (χ4v) is 1.37. The number of rotatable bonds is 1. The summed E-state index contributed by atoms with van der Waals surface area (Å²) in [5.41, 5.74) is 4.07. The maximum absolute atomic E-state index is 4.13. The molecule has 0 unspecified atom stereocenters. The second-order valence-corrected chi connectivity index (χ2v) is 3.62. The molecular formula is C11H12N4. The Hall–Kier alpha value is -1.84. The molecule has 0 N–H and O–H groups in total. The average molecular weight is 200 g/mol. The van der Waals surface area contributed by atoms with E-state index in [4.69, 9.17) is 0 Å². The van der Waals surface area contributed by atoms with Gasteiger partial charge in [-0.1, -0.05) is 0 Å². The summed E-state index contributed by atoms with van der Waals surface area (Å²) < 4.78 is 0. The summed E-state index contributed by atoms with van der Waals surface area (Å²) in [6.07, 6.45) is 5.60. The van der Waals surface area contributed by atoms with Crippen LogP contribution < -0.4 is 0 Å². The smallest absolute Gasteiger partial charge is 0.0962 e. The third-order valence-electron chi connectivity index (χ3n) is 2.09. The molecule has 1 aliphatic heterocycles. The van der Waals surface area contributed by atoms with Crippen molar-refractivity contribution in [1.82, 2.24) is 4.98 Å². The number of aryl methyl sites for hydroxylation is 1. The Morgan fingerprint density at radius 2 is 2.07 bits per heavy atom. The van der Waals surface area contributed by atoms with E-state index < -0.39 is 0 Å². The maximum Gasteiger partial charge on any atom is 0.0962 e. The molecule has 0 spiro atoms. The molecule has 0 atom stereocenters. The van der Waals surface area contributed by atoms with Crippen molar-refractivity contribution in [3.63, 3.8) is 0 Å². The molecule has 0 saturated heterocycles. The van der Waals surface area contributed by atoms with E-state index in [-0.39, 0.29) is 0 Å². The number of hydrogen-bond acceptors (Lipinski definition) is 4. The van der Waals surface area contributed by atoms with Crippen molar-refractivity contribution in [2.45, 2.75) is 13.8 Å². The maximum atomic E-state index is 4.13. The van der Waals surface area contributed by atoms with Crippen LogP contribution in [0.25, 0.3) is 0 Å². The minimum Gasteiger partial charge on any atom is -0.264 e. The van der Waals surface area contributed by atoms with Crippen LogP contribution >= 0.6 is 0 Å². The summed E-state index contributed by atoms with van der Waals surface area (Å²) >= 11 is 0. The van der Waals surface area contributed by atoms with Gasteiger partial charge in [0, 0.05) is 18.0 Å². The molecule has 2 rings (SSSR count). The standard InChI is InChI=1S/C11H12N4/c1-8-3-10(7-12-5-8)11-4-9(2)6-13-15-14-11/h3-5,7H,6H2,1-2H3. The largest absolute Gasteiger partial charge is 0.264 e. The normalized spacial score (nSPS) is 15.6. The second-order valence-electron chi connectivity index (χ2n) is 3.62. The first-order chi connectivity index (χ1) is 7.25. The Balaban J connectivity index is 2.42. The summed E-state index contributed by atoms with van der Waals surface area (Å²) in [4.78, 5) is 4.13. The molecule has 4 heteroatoms. The van der Waals surface area contributed by atoms with Crippen LogP contribution in [0.15, 0.2) is 45.5 Å². The Kier molecular flexibility index (Phi) is 2.67. The minimum absolute atomic E-state index is 0.617. The molecule has 4 nitrogen and oxygen atoms in total. The van der Waals surface area contributed by atoms with Crippen molar-refractivity contribution in [1.29, 1.82) is 0 Å². The van der Waals surface area contributed by atoms with Crippen LogP contribution in [0.3, 0.4) is 0 Å². The van der Waals surface area contributed by atoms with Crippen LogP contribution in [-0.2, 0) is 0 Å². The number of aromatic nitrogens is 1. The molecular weight excluding hydrogens is 188 g/mol. The van der Waals surface area contributed by atoms with Gasteiger partial charge >= 0.3 is 0 Å². The lowest BCUT2D eigenvalue weighted by molar-refractivity contribution is 0.951. The number of hydrogen-bond donors (Lipinski definition) is 0. The van der Waals surface area contributed by atoms with Crippen molar-refractivity contribution in [2.75, 3.05) is 6.54 Å². The number of allylic oxidation sites excluding steroid dienone is 1. The SMILES string of the molecule is CC1=CC(c2cncc(C)c2)=NN=NC1. The van der Waals surface area contributed by atoms with Crippen LogP contribution in [0.1, 0.15) is 18.1 Å². The zero-order valence-corrected chi connectivity index (χ0v) is 8.81. The van der Waals surface area contributed by atoms with Crippen molar-refractivity contribution in [3.8, 4) is 0 Å². The van der Waals surface area contributed by atoms with Gasteiger partial charge in [0.25, 0.3) is 0 Å². The third-order valence-corrected chi connectivity index (χ3v) is 2.09. The molecule has 0 bridgehead atoms. The Bertz CT molecular complexity index is 457. The molecule has 0 amide bonds. The summed E-state index contributed by atoms with van der Waals surface area (Å²) in [5, 5.41) is 11.7. The Labute approximate surface area is 88.5 Å². The zero-order valence-electron chi connectivity index (χ0n) is 8.81. The number of pyridine rings is 1. The lowest BCUT2D eigenvalue weighted by atomic mass is 10.1. The third kappa shape index (κ3) is 2.34. The highest BCUT2D eigenvalue weighted by Crippen LogP contribution is 2.09. The molecule has 0 fully saturated rings. The monoisotopic (exact) mass is 200 g/mol. The van der Waals surface area contributed by atoms with Crippen LogP contribution in [0, 0.1) is 6.92 Å². The molecule has 1 aromatic rings. The van der Waals surface area contributed by atoms with Gasteiger partial charge in [-0.25, -0.2) is 0 Å². The van der Waals surface area contributed by atoms with E-state index in [0.29, 0.717) is 6.54 Å². The lowest BCUT2D eigenvalue weighted by Crippen LogP contribution is -1.98. The first-order valence-electron chi connectivity index (χ1n) is 4.79. The zero-order chi connectivity index (χ0) is 10.7. The van der Waals surface area contributed by atoms with Gasteiger partial charge in [0.15, 0.2) is 0 Å². The van der Waals surface area contributed by atoms with Crippen molar-refractivity contribution in [2.24, 2.45) is 15.4 Å². The quantitative estimate of drug-likeness (QED) is 0.687. The molecule has 2 heterocycles. The van der Waals surface area contributed by atoms with Crippen molar-refractivity contribution >= 4 is 5.71 Å². The van der Waals surface area contributed by atoms with Gasteiger partial charge in [0.2, 0.25) is 0 Å². The van der Waals surface area contributed by atoms with Crippen LogP contribution in [0.4, 0.5) is 0 Å². The fraction of sp³-hybridized carbons (Fsp3) is 0.273. The molecule has 1 aliphatic rings. The molecule has 0 saturated carbocycles. The van der Waals surface area contributed by atoms with Gasteiger partial charge in [-0.2, -0.15) is 5.11 Å². The molecule has 76 valence electrons. The van der Waals surface area contributed by atoms with E-state index in [1.807, 2.05) is 32.2 Å². The molecule has 1 aromatic heterocycles. The van der Waals surface area contributed by atoms with Crippen LogP contribution in [-0.4, -0.2) is 17.2 Å². The molecule has 15 heavy (non-hydrogen) atoms. The fourth-order valence-electron chi connectivity index (χ4n) is 1.37. The molecule has 0 aliphatic carbocycles. The molecule has 0 aromatic carbocycles. The van der Waals surface area contributed by atoms with Gasteiger partial charge in [-0.05, 0) is 42.3 Å². The summed E-state index contributed by atoms with van der Waals surface area (Å²) in [7, 11) is 0. The lowest BCUT2D eigenvalue weighted by Gasteiger charge is -2.00. The first-order valence-corrected chi connectivity index (χ1v) is 4.79. The van der Waals surface area contributed by atoms with E-state index in [1.54, 1.807) is 6.20 Å².